The van der Waals surface area contributed by atoms with Crippen LogP contribution in [0.4, 0.5) is 0 Å². The molecule has 0 aromatic heterocycles. The molecule has 1 aliphatic heterocycles. The third-order valence-corrected chi connectivity index (χ3v) is 4.36. The highest BCUT2D eigenvalue weighted by atomic mass is 16.2. The normalized spacial score (nSPS) is 27.9. The molecule has 4 unspecified atom stereocenters. The second kappa shape index (κ2) is 6.55. The van der Waals surface area contributed by atoms with Gasteiger partial charge in [-0.2, -0.15) is 0 Å². The molecular formula is C15H30N2O. The van der Waals surface area contributed by atoms with Crippen LogP contribution in [0.2, 0.25) is 0 Å². The minimum absolute atomic E-state index is 0.00746. The zero-order valence-corrected chi connectivity index (χ0v) is 12.9. The van der Waals surface area contributed by atoms with Crippen molar-refractivity contribution in [3.63, 3.8) is 0 Å². The van der Waals surface area contributed by atoms with Gasteiger partial charge < -0.3 is 4.90 Å². The van der Waals surface area contributed by atoms with Gasteiger partial charge in [0, 0.05) is 6.04 Å². The second-order valence-electron chi connectivity index (χ2n) is 6.06. The summed E-state index contributed by atoms with van der Waals surface area (Å²) in [5, 5.41) is 3.53. The molecule has 4 atom stereocenters. The van der Waals surface area contributed by atoms with E-state index in [0.717, 1.165) is 19.3 Å². The summed E-state index contributed by atoms with van der Waals surface area (Å²) in [7, 11) is 0. The van der Waals surface area contributed by atoms with Crippen molar-refractivity contribution in [1.82, 2.24) is 10.2 Å². The second-order valence-corrected chi connectivity index (χ2v) is 6.06. The van der Waals surface area contributed by atoms with Crippen molar-refractivity contribution >= 4 is 5.91 Å². The fourth-order valence-electron chi connectivity index (χ4n) is 2.75. The van der Waals surface area contributed by atoms with Gasteiger partial charge in [-0.25, -0.2) is 0 Å². The topological polar surface area (TPSA) is 32.3 Å². The first-order chi connectivity index (χ1) is 8.43. The zero-order valence-electron chi connectivity index (χ0n) is 12.9. The van der Waals surface area contributed by atoms with Crippen molar-refractivity contribution in [2.45, 2.75) is 79.1 Å². The van der Waals surface area contributed by atoms with Gasteiger partial charge in [-0.1, -0.05) is 47.5 Å². The van der Waals surface area contributed by atoms with Gasteiger partial charge in [0.2, 0.25) is 5.91 Å². The molecule has 1 aliphatic rings. The summed E-state index contributed by atoms with van der Waals surface area (Å²) in [4.78, 5) is 14.7. The number of carbonyl (C=O) groups is 1. The number of hydrogen-bond donors (Lipinski definition) is 1. The molecule has 3 heteroatoms. The molecule has 0 aromatic rings. The van der Waals surface area contributed by atoms with Crippen LogP contribution in [0.1, 0.15) is 60.8 Å². The lowest BCUT2D eigenvalue weighted by atomic mass is 9.97. The molecule has 0 bridgehead atoms. The van der Waals surface area contributed by atoms with Gasteiger partial charge in [-0.05, 0) is 25.2 Å². The van der Waals surface area contributed by atoms with Gasteiger partial charge in [0.25, 0.3) is 0 Å². The Balaban J connectivity index is 2.86. The lowest BCUT2D eigenvalue weighted by molar-refractivity contribution is -0.133. The van der Waals surface area contributed by atoms with E-state index in [2.05, 4.69) is 51.8 Å². The van der Waals surface area contributed by atoms with E-state index in [1.807, 2.05) is 0 Å². The molecule has 0 aromatic carbocycles. The molecule has 1 saturated heterocycles. The summed E-state index contributed by atoms with van der Waals surface area (Å²) in [5.41, 5.74) is 0. The number of nitrogens with zero attached hydrogens (tertiary/aromatic N) is 1. The molecule has 18 heavy (non-hydrogen) atoms. The lowest BCUT2D eigenvalue weighted by Gasteiger charge is -2.34. The quantitative estimate of drug-likeness (QED) is 0.790. The zero-order chi connectivity index (χ0) is 13.9. The van der Waals surface area contributed by atoms with E-state index < -0.39 is 0 Å². The monoisotopic (exact) mass is 254 g/mol. The van der Waals surface area contributed by atoms with Gasteiger partial charge >= 0.3 is 0 Å². The molecule has 1 heterocycles. The minimum atomic E-state index is 0.00746. The molecule has 0 spiro atoms. The van der Waals surface area contributed by atoms with Gasteiger partial charge in [0.05, 0.1) is 12.2 Å². The molecule has 1 N–H and O–H groups in total. The highest BCUT2D eigenvalue weighted by Gasteiger charge is 2.42. The standard InChI is InChI=1S/C15H30N2O/c1-7-9-13-16-14(10(3)4)15(18)17(13)12(6)11(5)8-2/h10-14,16H,7-9H2,1-6H3. The molecule has 0 saturated carbocycles. The highest BCUT2D eigenvalue weighted by Crippen LogP contribution is 2.26. The Bertz CT molecular complexity index is 278. The maximum absolute atomic E-state index is 12.6. The van der Waals surface area contributed by atoms with E-state index in [9.17, 15) is 4.79 Å². The molecule has 0 aliphatic carbocycles. The van der Waals surface area contributed by atoms with Crippen LogP contribution in [0, 0.1) is 11.8 Å². The van der Waals surface area contributed by atoms with Crippen LogP contribution < -0.4 is 5.32 Å². The molecule has 106 valence electrons. The Morgan fingerprint density at radius 2 is 1.83 bits per heavy atom. The van der Waals surface area contributed by atoms with Gasteiger partial charge in [-0.15, -0.1) is 0 Å². The summed E-state index contributed by atoms with van der Waals surface area (Å²) in [6.45, 7) is 13.1. The Kier molecular flexibility index (Phi) is 5.64. The maximum Gasteiger partial charge on any atom is 0.241 e. The van der Waals surface area contributed by atoms with E-state index >= 15 is 0 Å². The molecular weight excluding hydrogens is 224 g/mol. The number of carbonyl (C=O) groups excluding carboxylic acids is 1. The Hall–Kier alpha value is -0.570. The van der Waals surface area contributed by atoms with E-state index in [1.54, 1.807) is 0 Å². The summed E-state index contributed by atoms with van der Waals surface area (Å²) in [6, 6.07) is 0.336. The first-order valence-electron chi connectivity index (χ1n) is 7.52. The first kappa shape index (κ1) is 15.5. The largest absolute Gasteiger partial charge is 0.323 e. The lowest BCUT2D eigenvalue weighted by Crippen LogP contribution is -2.46. The van der Waals surface area contributed by atoms with Crippen LogP contribution >= 0.6 is 0 Å². The number of hydrogen-bond acceptors (Lipinski definition) is 2. The molecule has 1 amide bonds. The number of rotatable bonds is 6. The third-order valence-electron chi connectivity index (χ3n) is 4.36. The summed E-state index contributed by atoms with van der Waals surface area (Å²) >= 11 is 0. The SMILES string of the molecule is CCCC1NC(C(C)C)C(=O)N1C(C)C(C)CC. The van der Waals surface area contributed by atoms with E-state index in [-0.39, 0.29) is 12.2 Å². The fourth-order valence-corrected chi connectivity index (χ4v) is 2.75. The molecule has 0 radical (unpaired) electrons. The van der Waals surface area contributed by atoms with Crippen molar-refractivity contribution in [3.05, 3.63) is 0 Å². The Labute approximate surface area is 112 Å². The smallest absolute Gasteiger partial charge is 0.241 e. The van der Waals surface area contributed by atoms with Crippen molar-refractivity contribution in [1.29, 1.82) is 0 Å². The van der Waals surface area contributed by atoms with Crippen LogP contribution in [-0.2, 0) is 4.79 Å². The van der Waals surface area contributed by atoms with E-state index in [4.69, 9.17) is 0 Å². The van der Waals surface area contributed by atoms with Crippen LogP contribution in [0.15, 0.2) is 0 Å². The van der Waals surface area contributed by atoms with Gasteiger partial charge in [0.1, 0.15) is 0 Å². The summed E-state index contributed by atoms with van der Waals surface area (Å²) < 4.78 is 0. The molecule has 1 fully saturated rings. The molecule has 1 rings (SSSR count). The predicted molar refractivity (Wildman–Crippen MR) is 76.2 cm³/mol. The van der Waals surface area contributed by atoms with Gasteiger partial charge in [0.15, 0.2) is 0 Å². The van der Waals surface area contributed by atoms with Gasteiger partial charge in [-0.3, -0.25) is 10.1 Å². The van der Waals surface area contributed by atoms with E-state index in [1.165, 1.54) is 0 Å². The molecule has 3 nitrogen and oxygen atoms in total. The average Bonchev–Trinajstić information content (AvgIpc) is 2.65. The first-order valence-corrected chi connectivity index (χ1v) is 7.52. The average molecular weight is 254 g/mol. The van der Waals surface area contributed by atoms with Crippen molar-refractivity contribution in [2.24, 2.45) is 11.8 Å². The minimum Gasteiger partial charge on any atom is -0.323 e. The van der Waals surface area contributed by atoms with Crippen molar-refractivity contribution < 1.29 is 4.79 Å². The predicted octanol–water partition coefficient (Wildman–Crippen LogP) is 3.00. The maximum atomic E-state index is 12.6. The van der Waals surface area contributed by atoms with Crippen LogP contribution in [0.5, 0.6) is 0 Å². The van der Waals surface area contributed by atoms with Crippen molar-refractivity contribution in [3.8, 4) is 0 Å². The third kappa shape index (κ3) is 3.05. The van der Waals surface area contributed by atoms with Crippen LogP contribution in [0.25, 0.3) is 0 Å². The highest BCUT2D eigenvalue weighted by molar-refractivity contribution is 5.84. The summed E-state index contributed by atoms with van der Waals surface area (Å²) in [6.07, 6.45) is 3.52. The Morgan fingerprint density at radius 3 is 2.28 bits per heavy atom. The number of nitrogens with one attached hydrogen (secondary N) is 1. The van der Waals surface area contributed by atoms with Crippen LogP contribution in [0.3, 0.4) is 0 Å². The van der Waals surface area contributed by atoms with E-state index in [0.29, 0.717) is 23.8 Å². The Morgan fingerprint density at radius 1 is 1.22 bits per heavy atom. The van der Waals surface area contributed by atoms with Crippen LogP contribution in [-0.4, -0.2) is 29.1 Å². The number of amides is 1. The fraction of sp³-hybridized carbons (Fsp3) is 0.933. The summed E-state index contributed by atoms with van der Waals surface area (Å²) in [5.74, 6) is 1.23. The van der Waals surface area contributed by atoms with Crippen molar-refractivity contribution in [2.75, 3.05) is 0 Å².